The number of methoxy groups -OCH3 is 1. The van der Waals surface area contributed by atoms with Crippen LogP contribution in [0.4, 0.5) is 28.9 Å². The summed E-state index contributed by atoms with van der Waals surface area (Å²) in [6.45, 7) is 1.29. The van der Waals surface area contributed by atoms with Gasteiger partial charge in [-0.25, -0.2) is 9.07 Å². The van der Waals surface area contributed by atoms with Gasteiger partial charge in [0.2, 0.25) is 5.91 Å². The number of benzene rings is 2. The van der Waals surface area contributed by atoms with Crippen LogP contribution in [-0.2, 0) is 11.0 Å². The number of rotatable bonds is 5. The highest BCUT2D eigenvalue weighted by molar-refractivity contribution is 6.04. The average molecular weight is 437 g/mol. The second kappa shape index (κ2) is 8.42. The quantitative estimate of drug-likeness (QED) is 0.594. The van der Waals surface area contributed by atoms with Crippen LogP contribution in [0.3, 0.4) is 0 Å². The highest BCUT2D eigenvalue weighted by Crippen LogP contribution is 2.34. The molecule has 3 aromatic rings. The Labute approximate surface area is 172 Å². The number of anilines is 2. The number of halogens is 4. The fraction of sp³-hybridized carbons (Fsp3) is 0.158. The maximum absolute atomic E-state index is 13.7. The lowest BCUT2D eigenvalue weighted by molar-refractivity contribution is -0.143. The first-order valence-corrected chi connectivity index (χ1v) is 8.66. The Morgan fingerprint density at radius 2 is 1.84 bits per heavy atom. The average Bonchev–Trinajstić information content (AvgIpc) is 3.14. The molecule has 0 aliphatic carbocycles. The number of alkyl halides is 3. The van der Waals surface area contributed by atoms with Crippen molar-refractivity contribution in [2.75, 3.05) is 17.7 Å². The van der Waals surface area contributed by atoms with Crippen LogP contribution in [0.1, 0.15) is 23.1 Å². The first kappa shape index (κ1) is 21.7. The molecule has 2 N–H and O–H groups in total. The number of nitrogens with zero attached hydrogens (tertiary/aromatic N) is 3. The number of nitrogens with one attached hydrogen (secondary N) is 2. The van der Waals surface area contributed by atoms with Crippen molar-refractivity contribution in [3.05, 3.63) is 59.7 Å². The highest BCUT2D eigenvalue weighted by Gasteiger charge is 2.42. The van der Waals surface area contributed by atoms with E-state index in [0.29, 0.717) is 10.4 Å². The second-order valence-electron chi connectivity index (χ2n) is 6.23. The van der Waals surface area contributed by atoms with Crippen LogP contribution in [0.25, 0.3) is 5.69 Å². The molecule has 0 aliphatic heterocycles. The van der Waals surface area contributed by atoms with Crippen LogP contribution in [0.15, 0.2) is 42.5 Å². The zero-order chi connectivity index (χ0) is 22.8. The van der Waals surface area contributed by atoms with Crippen molar-refractivity contribution in [1.29, 1.82) is 0 Å². The summed E-state index contributed by atoms with van der Waals surface area (Å²) in [6.07, 6.45) is -5.00. The molecule has 1 aromatic heterocycles. The van der Waals surface area contributed by atoms with Gasteiger partial charge in [-0.3, -0.25) is 9.59 Å². The first-order chi connectivity index (χ1) is 14.6. The first-order valence-electron chi connectivity index (χ1n) is 8.66. The largest absolute Gasteiger partial charge is 0.494 e. The topological polar surface area (TPSA) is 98.1 Å². The van der Waals surface area contributed by atoms with Crippen molar-refractivity contribution in [3.8, 4) is 11.4 Å². The molecular weight excluding hydrogens is 422 g/mol. The van der Waals surface area contributed by atoms with Crippen LogP contribution in [0, 0.1) is 5.82 Å². The van der Waals surface area contributed by atoms with Crippen LogP contribution in [0.5, 0.6) is 5.75 Å². The Morgan fingerprint density at radius 1 is 1.10 bits per heavy atom. The molecular formula is C19H15F4N5O3. The van der Waals surface area contributed by atoms with Gasteiger partial charge in [0.05, 0.1) is 18.5 Å². The van der Waals surface area contributed by atoms with Crippen molar-refractivity contribution in [1.82, 2.24) is 15.0 Å². The molecule has 0 aliphatic rings. The number of hydrogen-bond donors (Lipinski definition) is 2. The fourth-order valence-corrected chi connectivity index (χ4v) is 2.73. The molecule has 0 atom stereocenters. The molecule has 1 heterocycles. The number of carbonyl (C=O) groups is 2. The Bertz CT molecular complexity index is 1140. The van der Waals surface area contributed by atoms with Gasteiger partial charge in [0.25, 0.3) is 5.91 Å². The minimum Gasteiger partial charge on any atom is -0.494 e. The molecule has 0 radical (unpaired) electrons. The monoisotopic (exact) mass is 437 g/mol. The smallest absolute Gasteiger partial charge is 0.435 e. The third-order valence-electron chi connectivity index (χ3n) is 3.98. The molecule has 0 saturated heterocycles. The van der Waals surface area contributed by atoms with Gasteiger partial charge >= 0.3 is 6.18 Å². The fourth-order valence-electron chi connectivity index (χ4n) is 2.73. The third-order valence-corrected chi connectivity index (χ3v) is 3.98. The maximum Gasteiger partial charge on any atom is 0.435 e. The van der Waals surface area contributed by atoms with Crippen LogP contribution >= 0.6 is 0 Å². The molecule has 31 heavy (non-hydrogen) atoms. The predicted octanol–water partition coefficient (Wildman–Crippen LogP) is 3.64. The summed E-state index contributed by atoms with van der Waals surface area (Å²) in [7, 11) is 1.32. The Morgan fingerprint density at radius 3 is 2.45 bits per heavy atom. The lowest BCUT2D eigenvalue weighted by atomic mass is 10.2. The number of carbonyl (C=O) groups excluding carboxylic acids is 2. The summed E-state index contributed by atoms with van der Waals surface area (Å²) in [6, 6.07) is 8.36. The van der Waals surface area contributed by atoms with E-state index in [9.17, 15) is 27.2 Å². The zero-order valence-corrected chi connectivity index (χ0v) is 16.1. The summed E-state index contributed by atoms with van der Waals surface area (Å²) in [5.41, 5.74) is -2.32. The molecule has 2 aromatic carbocycles. The lowest BCUT2D eigenvalue weighted by Crippen LogP contribution is -2.21. The summed E-state index contributed by atoms with van der Waals surface area (Å²) in [4.78, 5) is 23.8. The van der Waals surface area contributed by atoms with Gasteiger partial charge in [-0.2, -0.15) is 13.2 Å². The van der Waals surface area contributed by atoms with E-state index in [1.807, 2.05) is 0 Å². The second-order valence-corrected chi connectivity index (χ2v) is 6.23. The molecule has 8 nitrogen and oxygen atoms in total. The maximum atomic E-state index is 13.7. The van der Waals surface area contributed by atoms with E-state index in [4.69, 9.17) is 4.74 Å². The molecule has 162 valence electrons. The zero-order valence-electron chi connectivity index (χ0n) is 16.1. The number of amides is 2. The molecule has 0 unspecified atom stereocenters. The van der Waals surface area contributed by atoms with E-state index in [1.54, 1.807) is 0 Å². The SMILES string of the molecule is COc1cc(NC(=O)c2nnn(-c3cccc(F)c3)c2C(F)(F)F)ccc1NC(C)=O. The van der Waals surface area contributed by atoms with Crippen molar-refractivity contribution in [2.45, 2.75) is 13.1 Å². The van der Waals surface area contributed by atoms with E-state index < -0.39 is 29.3 Å². The van der Waals surface area contributed by atoms with Crippen LogP contribution in [-0.4, -0.2) is 33.9 Å². The normalized spacial score (nSPS) is 11.2. The van der Waals surface area contributed by atoms with Crippen molar-refractivity contribution >= 4 is 23.2 Å². The minimum absolute atomic E-state index is 0.0874. The van der Waals surface area contributed by atoms with E-state index in [0.717, 1.165) is 12.1 Å². The van der Waals surface area contributed by atoms with Crippen molar-refractivity contribution in [2.24, 2.45) is 0 Å². The molecule has 0 saturated carbocycles. The van der Waals surface area contributed by atoms with Crippen molar-refractivity contribution in [3.63, 3.8) is 0 Å². The van der Waals surface area contributed by atoms with Gasteiger partial charge in [-0.05, 0) is 30.3 Å². The number of aromatic nitrogens is 3. The van der Waals surface area contributed by atoms with Gasteiger partial charge < -0.3 is 15.4 Å². The summed E-state index contributed by atoms with van der Waals surface area (Å²) in [5.74, 6) is -2.16. The van der Waals surface area contributed by atoms with E-state index in [1.165, 1.54) is 44.4 Å². The molecule has 3 rings (SSSR count). The van der Waals surface area contributed by atoms with Crippen LogP contribution in [0.2, 0.25) is 0 Å². The summed E-state index contributed by atoms with van der Waals surface area (Å²) >= 11 is 0. The van der Waals surface area contributed by atoms with Crippen LogP contribution < -0.4 is 15.4 Å². The Hall–Kier alpha value is -3.96. The summed E-state index contributed by atoms with van der Waals surface area (Å²) in [5, 5.41) is 11.5. The summed E-state index contributed by atoms with van der Waals surface area (Å²) < 4.78 is 60.0. The van der Waals surface area contributed by atoms with Gasteiger partial charge in [0.15, 0.2) is 11.4 Å². The predicted molar refractivity (Wildman–Crippen MR) is 102 cm³/mol. The minimum atomic E-state index is -5.00. The van der Waals surface area contributed by atoms with E-state index >= 15 is 0 Å². The standard InChI is InChI=1S/C19H15F4N5O3/c1-10(29)24-14-7-6-12(9-15(14)31-2)25-18(30)16-17(19(21,22)23)28(27-26-16)13-5-3-4-11(20)8-13/h3-9H,1-2H3,(H,24,29)(H,25,30). The molecule has 2 amide bonds. The molecule has 0 fully saturated rings. The Balaban J connectivity index is 1.96. The molecule has 0 bridgehead atoms. The lowest BCUT2D eigenvalue weighted by Gasteiger charge is -2.13. The molecule has 0 spiro atoms. The highest BCUT2D eigenvalue weighted by atomic mass is 19.4. The van der Waals surface area contributed by atoms with E-state index in [-0.39, 0.29) is 23.0 Å². The third kappa shape index (κ3) is 4.79. The van der Waals surface area contributed by atoms with Gasteiger partial charge in [0.1, 0.15) is 11.6 Å². The number of hydrogen-bond acceptors (Lipinski definition) is 5. The Kier molecular flexibility index (Phi) is 5.90. The van der Waals surface area contributed by atoms with Gasteiger partial charge in [-0.15, -0.1) is 5.10 Å². The van der Waals surface area contributed by atoms with Gasteiger partial charge in [0, 0.05) is 18.7 Å². The molecule has 12 heteroatoms. The number of ether oxygens (including phenoxy) is 1. The van der Waals surface area contributed by atoms with E-state index in [2.05, 4.69) is 20.9 Å². The van der Waals surface area contributed by atoms with Crippen molar-refractivity contribution < 1.29 is 31.9 Å². The van der Waals surface area contributed by atoms with Gasteiger partial charge in [-0.1, -0.05) is 11.3 Å².